The van der Waals surface area contributed by atoms with Crippen LogP contribution in [0.25, 0.3) is 0 Å². The number of anilines is 2. The van der Waals surface area contributed by atoms with Crippen LogP contribution in [0.1, 0.15) is 20.8 Å². The van der Waals surface area contributed by atoms with Crippen LogP contribution in [0, 0.1) is 0 Å². The molecule has 1 aromatic carbocycles. The molecule has 0 unspecified atom stereocenters. The van der Waals surface area contributed by atoms with Gasteiger partial charge in [0.15, 0.2) is 0 Å². The highest BCUT2D eigenvalue weighted by molar-refractivity contribution is 9.10. The molecule has 1 aliphatic heterocycles. The third-order valence-corrected chi connectivity index (χ3v) is 5.22. The molecule has 2 aromatic rings. The minimum Gasteiger partial charge on any atom is -0.442 e. The Kier molecular flexibility index (Phi) is 6.50. The van der Waals surface area contributed by atoms with Gasteiger partial charge in [0.05, 0.1) is 18.8 Å². The first kappa shape index (κ1) is 20.9. The van der Waals surface area contributed by atoms with Gasteiger partial charge in [0.2, 0.25) is 0 Å². The van der Waals surface area contributed by atoms with Crippen LogP contribution in [0.3, 0.4) is 0 Å². The fourth-order valence-electron chi connectivity index (χ4n) is 2.95. The largest absolute Gasteiger partial charge is 0.442 e. The number of rotatable bonds is 2. The smallest absolute Gasteiger partial charge is 0.429 e. The molecule has 1 fully saturated rings. The number of hydrogen-bond donors (Lipinski definition) is 0. The fraction of sp³-hybridized carbons (Fsp3) is 0.400. The van der Waals surface area contributed by atoms with Crippen molar-refractivity contribution in [1.82, 2.24) is 9.99 Å². The number of hydrazine groups is 1. The average molecular weight is 512 g/mol. The number of nitrogens with zero attached hydrogens (tertiary/aromatic N) is 4. The van der Waals surface area contributed by atoms with E-state index < -0.39 is 5.60 Å². The number of aromatic nitrogens is 1. The van der Waals surface area contributed by atoms with Crippen molar-refractivity contribution < 1.29 is 9.53 Å². The molecule has 0 aliphatic carbocycles. The number of carbonyl (C=O) groups is 1. The van der Waals surface area contributed by atoms with Crippen molar-refractivity contribution in [2.24, 2.45) is 0 Å². The molecule has 1 amide bonds. The van der Waals surface area contributed by atoms with Crippen molar-refractivity contribution in [3.63, 3.8) is 0 Å². The van der Waals surface area contributed by atoms with Crippen molar-refractivity contribution >= 4 is 49.5 Å². The lowest BCUT2D eigenvalue weighted by Crippen LogP contribution is -2.49. The van der Waals surface area contributed by atoms with E-state index in [2.05, 4.69) is 41.7 Å². The Labute approximate surface area is 182 Å². The predicted molar refractivity (Wildman–Crippen MR) is 119 cm³/mol. The van der Waals surface area contributed by atoms with Crippen LogP contribution >= 0.6 is 31.9 Å². The van der Waals surface area contributed by atoms with E-state index in [0.717, 1.165) is 27.0 Å². The van der Waals surface area contributed by atoms with Gasteiger partial charge in [0, 0.05) is 28.2 Å². The van der Waals surface area contributed by atoms with Gasteiger partial charge < -0.3 is 9.64 Å². The van der Waals surface area contributed by atoms with Gasteiger partial charge in [0.1, 0.15) is 11.4 Å². The van der Waals surface area contributed by atoms with Gasteiger partial charge in [-0.2, -0.15) is 0 Å². The van der Waals surface area contributed by atoms with E-state index in [4.69, 9.17) is 4.74 Å². The minimum atomic E-state index is -0.554. The number of carbonyl (C=O) groups excluding carboxylic acids is 1. The zero-order chi connectivity index (χ0) is 20.3. The molecule has 1 aliphatic rings. The van der Waals surface area contributed by atoms with Crippen molar-refractivity contribution in [3.8, 4) is 0 Å². The minimum absolute atomic E-state index is 0.346. The first-order valence-electron chi connectivity index (χ1n) is 9.13. The Hall–Kier alpha value is -1.80. The van der Waals surface area contributed by atoms with E-state index in [1.165, 1.54) is 0 Å². The second-order valence-corrected chi connectivity index (χ2v) is 9.36. The zero-order valence-corrected chi connectivity index (χ0v) is 19.4. The van der Waals surface area contributed by atoms with Crippen LogP contribution in [-0.2, 0) is 4.74 Å². The molecule has 1 saturated heterocycles. The molecule has 0 bridgehead atoms. The van der Waals surface area contributed by atoms with Gasteiger partial charge in [-0.3, -0.25) is 5.01 Å². The van der Waals surface area contributed by atoms with Crippen LogP contribution in [0.4, 0.5) is 16.3 Å². The highest BCUT2D eigenvalue weighted by Gasteiger charge is 2.30. The van der Waals surface area contributed by atoms with Crippen LogP contribution in [0.2, 0.25) is 0 Å². The van der Waals surface area contributed by atoms with Crippen LogP contribution in [-0.4, -0.2) is 47.9 Å². The summed E-state index contributed by atoms with van der Waals surface area (Å²) < 4.78 is 7.60. The van der Waals surface area contributed by atoms with Gasteiger partial charge in [-0.1, -0.05) is 15.9 Å². The molecule has 0 radical (unpaired) electrons. The molecule has 6 nitrogen and oxygen atoms in total. The van der Waals surface area contributed by atoms with Crippen molar-refractivity contribution in [2.75, 3.05) is 36.1 Å². The number of benzene rings is 1. The summed E-state index contributed by atoms with van der Waals surface area (Å²) in [6.45, 7) is 8.19. The third-order valence-electron chi connectivity index (χ3n) is 4.22. The van der Waals surface area contributed by atoms with Gasteiger partial charge in [-0.05, 0) is 73.1 Å². The number of amides is 1. The second kappa shape index (κ2) is 8.69. The van der Waals surface area contributed by atoms with Crippen molar-refractivity contribution in [3.05, 3.63) is 51.5 Å². The fourth-order valence-corrected chi connectivity index (χ4v) is 3.45. The van der Waals surface area contributed by atoms with E-state index >= 15 is 0 Å². The van der Waals surface area contributed by atoms with Crippen LogP contribution in [0.5, 0.6) is 0 Å². The third kappa shape index (κ3) is 5.38. The molecule has 150 valence electrons. The summed E-state index contributed by atoms with van der Waals surface area (Å²) in [6.07, 6.45) is 1.44. The summed E-state index contributed by atoms with van der Waals surface area (Å²) >= 11 is 6.90. The standard InChI is InChI=1S/C20H24Br2N4O2/c1-20(2,3)28-19(27)26-13-11-24(18-9-6-16(22)14-23-18)10-12-25(26)17-7-4-15(21)5-8-17/h4-9,14H,10-13H2,1-3H3. The quantitative estimate of drug-likeness (QED) is 0.562. The molecule has 1 aromatic heterocycles. The molecular weight excluding hydrogens is 488 g/mol. The molecular formula is C20H24Br2N4O2. The second-order valence-electron chi connectivity index (χ2n) is 7.52. The summed E-state index contributed by atoms with van der Waals surface area (Å²) in [5.41, 5.74) is 0.390. The molecule has 0 saturated carbocycles. The predicted octanol–water partition coefficient (Wildman–Crippen LogP) is 5.09. The Balaban J connectivity index is 1.86. The SMILES string of the molecule is CC(C)(C)OC(=O)N1CCN(c2ccc(Br)cn2)CCN1c1ccc(Br)cc1. The van der Waals surface area contributed by atoms with Crippen LogP contribution < -0.4 is 9.91 Å². The number of pyridine rings is 1. The van der Waals surface area contributed by atoms with E-state index in [0.29, 0.717) is 19.6 Å². The van der Waals surface area contributed by atoms with Crippen LogP contribution in [0.15, 0.2) is 51.5 Å². The van der Waals surface area contributed by atoms with Crippen molar-refractivity contribution in [1.29, 1.82) is 0 Å². The lowest BCUT2D eigenvalue weighted by atomic mass is 10.2. The summed E-state index contributed by atoms with van der Waals surface area (Å²) in [7, 11) is 0. The Morgan fingerprint density at radius 1 is 0.964 bits per heavy atom. The molecule has 2 heterocycles. The Morgan fingerprint density at radius 3 is 2.21 bits per heavy atom. The van der Waals surface area contributed by atoms with Gasteiger partial charge in [-0.15, -0.1) is 0 Å². The summed E-state index contributed by atoms with van der Waals surface area (Å²) in [5.74, 6) is 0.894. The van der Waals surface area contributed by atoms with Gasteiger partial charge in [0.25, 0.3) is 0 Å². The maximum atomic E-state index is 12.9. The summed E-state index contributed by atoms with van der Waals surface area (Å²) in [5, 5.41) is 3.67. The maximum Gasteiger partial charge on any atom is 0.429 e. The Bertz CT molecular complexity index is 806. The topological polar surface area (TPSA) is 48.9 Å². The highest BCUT2D eigenvalue weighted by Crippen LogP contribution is 2.24. The van der Waals surface area contributed by atoms with E-state index in [9.17, 15) is 4.79 Å². The number of ether oxygens (including phenoxy) is 1. The van der Waals surface area contributed by atoms with Gasteiger partial charge in [-0.25, -0.2) is 14.8 Å². The lowest BCUT2D eigenvalue weighted by molar-refractivity contribution is 0.0240. The summed E-state index contributed by atoms with van der Waals surface area (Å²) in [4.78, 5) is 19.6. The summed E-state index contributed by atoms with van der Waals surface area (Å²) in [6, 6.07) is 11.9. The highest BCUT2D eigenvalue weighted by atomic mass is 79.9. The van der Waals surface area contributed by atoms with E-state index in [1.807, 2.05) is 62.2 Å². The normalized spacial score (nSPS) is 15.4. The molecule has 3 rings (SSSR count). The van der Waals surface area contributed by atoms with E-state index in [-0.39, 0.29) is 6.09 Å². The number of halogens is 2. The monoisotopic (exact) mass is 510 g/mol. The molecule has 0 atom stereocenters. The lowest BCUT2D eigenvalue weighted by Gasteiger charge is -2.35. The molecule has 0 spiro atoms. The maximum absolute atomic E-state index is 12.9. The first-order valence-corrected chi connectivity index (χ1v) is 10.7. The average Bonchev–Trinajstić information content (AvgIpc) is 2.85. The molecule has 8 heteroatoms. The van der Waals surface area contributed by atoms with Crippen molar-refractivity contribution in [2.45, 2.75) is 26.4 Å². The number of hydrogen-bond acceptors (Lipinski definition) is 5. The van der Waals surface area contributed by atoms with Gasteiger partial charge >= 0.3 is 6.09 Å². The zero-order valence-electron chi connectivity index (χ0n) is 16.2. The van der Waals surface area contributed by atoms with E-state index in [1.54, 1.807) is 11.2 Å². The first-order chi connectivity index (χ1) is 13.2. The molecule has 28 heavy (non-hydrogen) atoms. The Morgan fingerprint density at radius 2 is 1.61 bits per heavy atom. The molecule has 0 N–H and O–H groups in total.